The predicted molar refractivity (Wildman–Crippen MR) is 79.0 cm³/mol. The first kappa shape index (κ1) is 16.2. The van der Waals surface area contributed by atoms with Crippen LogP contribution in [0.3, 0.4) is 0 Å². The maximum atomic E-state index is 11.6. The molecule has 1 rings (SSSR count). The van der Waals surface area contributed by atoms with Gasteiger partial charge in [-0.05, 0) is 20.8 Å². The first-order chi connectivity index (χ1) is 9.58. The lowest BCUT2D eigenvalue weighted by Crippen LogP contribution is -2.32. The summed E-state index contributed by atoms with van der Waals surface area (Å²) in [5.74, 6) is 2.04. The van der Waals surface area contributed by atoms with Crippen molar-refractivity contribution in [2.24, 2.45) is 0 Å². The largest absolute Gasteiger partial charge is 0.383 e. The Labute approximate surface area is 119 Å². The first-order valence-electron chi connectivity index (χ1n) is 6.67. The van der Waals surface area contributed by atoms with Crippen molar-refractivity contribution < 1.29 is 9.53 Å². The Bertz CT molecular complexity index is 451. The summed E-state index contributed by atoms with van der Waals surface area (Å²) in [6.45, 7) is 7.71. The van der Waals surface area contributed by atoms with Crippen molar-refractivity contribution in [3.8, 4) is 0 Å². The van der Waals surface area contributed by atoms with Crippen molar-refractivity contribution in [1.82, 2.24) is 15.3 Å². The second kappa shape index (κ2) is 8.31. The van der Waals surface area contributed by atoms with Gasteiger partial charge in [-0.15, -0.1) is 0 Å². The van der Waals surface area contributed by atoms with Gasteiger partial charge in [-0.3, -0.25) is 4.79 Å². The zero-order valence-electron chi connectivity index (χ0n) is 12.5. The molecule has 0 aliphatic carbocycles. The fourth-order valence-electron chi connectivity index (χ4n) is 1.66. The molecule has 0 saturated heterocycles. The number of amides is 1. The Hall–Kier alpha value is -1.89. The van der Waals surface area contributed by atoms with Crippen LogP contribution in [0, 0.1) is 13.8 Å². The molecule has 0 spiro atoms. The topological polar surface area (TPSA) is 88.2 Å². The van der Waals surface area contributed by atoms with E-state index in [9.17, 15) is 4.79 Å². The second-order valence-corrected chi connectivity index (χ2v) is 4.32. The van der Waals surface area contributed by atoms with E-state index in [4.69, 9.17) is 4.74 Å². The number of ether oxygens (including phenoxy) is 1. The van der Waals surface area contributed by atoms with Crippen LogP contribution in [0.1, 0.15) is 18.3 Å². The average molecular weight is 281 g/mol. The molecule has 0 aliphatic heterocycles. The summed E-state index contributed by atoms with van der Waals surface area (Å²) in [7, 11) is 1.60. The third kappa shape index (κ3) is 5.00. The van der Waals surface area contributed by atoms with Gasteiger partial charge in [-0.25, -0.2) is 9.97 Å². The minimum atomic E-state index is -0.0947. The zero-order chi connectivity index (χ0) is 15.0. The van der Waals surface area contributed by atoms with Gasteiger partial charge in [0.2, 0.25) is 5.91 Å². The van der Waals surface area contributed by atoms with Crippen LogP contribution in [0.2, 0.25) is 0 Å². The van der Waals surface area contributed by atoms with Crippen LogP contribution in [0.25, 0.3) is 0 Å². The van der Waals surface area contributed by atoms with Gasteiger partial charge in [0.1, 0.15) is 17.5 Å². The highest BCUT2D eigenvalue weighted by Gasteiger charge is 2.09. The Balaban J connectivity index is 2.61. The summed E-state index contributed by atoms with van der Waals surface area (Å²) in [5.41, 5.74) is 0.905. The van der Waals surface area contributed by atoms with Crippen LogP contribution < -0.4 is 16.0 Å². The van der Waals surface area contributed by atoms with Crippen molar-refractivity contribution in [2.45, 2.75) is 20.8 Å². The number of nitrogens with zero attached hydrogens (tertiary/aromatic N) is 2. The number of anilines is 2. The van der Waals surface area contributed by atoms with E-state index < -0.39 is 0 Å². The molecule has 3 N–H and O–H groups in total. The molecule has 20 heavy (non-hydrogen) atoms. The normalized spacial score (nSPS) is 10.2. The lowest BCUT2D eigenvalue weighted by atomic mass is 10.3. The highest BCUT2D eigenvalue weighted by atomic mass is 16.5. The molecule has 1 heterocycles. The smallest absolute Gasteiger partial charge is 0.239 e. The Morgan fingerprint density at radius 2 is 1.85 bits per heavy atom. The molecule has 0 aliphatic rings. The van der Waals surface area contributed by atoms with E-state index in [0.29, 0.717) is 24.8 Å². The Kier molecular flexibility index (Phi) is 6.72. The van der Waals surface area contributed by atoms with Crippen LogP contribution in [0.4, 0.5) is 11.6 Å². The lowest BCUT2D eigenvalue weighted by Gasteiger charge is -2.13. The van der Waals surface area contributed by atoms with E-state index in [-0.39, 0.29) is 12.5 Å². The first-order valence-corrected chi connectivity index (χ1v) is 6.67. The highest BCUT2D eigenvalue weighted by molar-refractivity contribution is 5.80. The lowest BCUT2D eigenvalue weighted by molar-refractivity contribution is -0.119. The van der Waals surface area contributed by atoms with Gasteiger partial charge in [-0.2, -0.15) is 0 Å². The van der Waals surface area contributed by atoms with Gasteiger partial charge in [0.05, 0.1) is 13.2 Å². The maximum absolute atomic E-state index is 11.6. The van der Waals surface area contributed by atoms with E-state index in [1.54, 1.807) is 7.11 Å². The van der Waals surface area contributed by atoms with Crippen molar-refractivity contribution >= 4 is 17.5 Å². The molecule has 1 aromatic rings. The molecule has 0 aromatic carbocycles. The van der Waals surface area contributed by atoms with Crippen LogP contribution in [-0.2, 0) is 9.53 Å². The molecule has 1 aromatic heterocycles. The number of aromatic nitrogens is 2. The fraction of sp³-hybridized carbons (Fsp3) is 0.615. The van der Waals surface area contributed by atoms with Crippen LogP contribution in [-0.4, -0.2) is 49.2 Å². The number of hydrogen-bond donors (Lipinski definition) is 3. The maximum Gasteiger partial charge on any atom is 0.239 e. The summed E-state index contributed by atoms with van der Waals surface area (Å²) in [6, 6.07) is 0. The molecular formula is C13H23N5O2. The summed E-state index contributed by atoms with van der Waals surface area (Å²) < 4.78 is 4.87. The number of methoxy groups -OCH3 is 1. The minimum Gasteiger partial charge on any atom is -0.383 e. The SMILES string of the molecule is CCNc1nc(C)nc(NCC(=O)NCCOC)c1C. The third-order valence-electron chi connectivity index (χ3n) is 2.65. The number of aryl methyl sites for hydroxylation is 1. The molecule has 0 unspecified atom stereocenters. The van der Waals surface area contributed by atoms with Crippen molar-refractivity contribution in [3.63, 3.8) is 0 Å². The monoisotopic (exact) mass is 281 g/mol. The number of nitrogens with one attached hydrogen (secondary N) is 3. The molecule has 0 bridgehead atoms. The fourth-order valence-corrected chi connectivity index (χ4v) is 1.66. The Morgan fingerprint density at radius 1 is 1.20 bits per heavy atom. The van der Waals surface area contributed by atoms with Gasteiger partial charge in [0.15, 0.2) is 0 Å². The van der Waals surface area contributed by atoms with E-state index in [1.807, 2.05) is 20.8 Å². The highest BCUT2D eigenvalue weighted by Crippen LogP contribution is 2.19. The number of carbonyl (C=O) groups is 1. The summed E-state index contributed by atoms with van der Waals surface area (Å²) in [6.07, 6.45) is 0. The van der Waals surface area contributed by atoms with Gasteiger partial charge < -0.3 is 20.7 Å². The van der Waals surface area contributed by atoms with Crippen molar-refractivity contribution in [2.75, 3.05) is 44.0 Å². The Morgan fingerprint density at radius 3 is 2.45 bits per heavy atom. The van der Waals surface area contributed by atoms with E-state index in [1.165, 1.54) is 0 Å². The number of rotatable bonds is 8. The summed E-state index contributed by atoms with van der Waals surface area (Å²) in [4.78, 5) is 20.3. The predicted octanol–water partition coefficient (Wildman–Crippen LogP) is 0.700. The second-order valence-electron chi connectivity index (χ2n) is 4.32. The minimum absolute atomic E-state index is 0.0947. The molecule has 1 amide bonds. The quantitative estimate of drug-likeness (QED) is 0.608. The molecule has 0 saturated carbocycles. The van der Waals surface area contributed by atoms with E-state index in [0.717, 1.165) is 17.9 Å². The third-order valence-corrected chi connectivity index (χ3v) is 2.65. The molecule has 7 nitrogen and oxygen atoms in total. The summed E-state index contributed by atoms with van der Waals surface area (Å²) in [5, 5.41) is 8.96. The van der Waals surface area contributed by atoms with Gasteiger partial charge >= 0.3 is 0 Å². The van der Waals surface area contributed by atoms with Crippen LogP contribution in [0.5, 0.6) is 0 Å². The van der Waals surface area contributed by atoms with Gasteiger partial charge in [-0.1, -0.05) is 0 Å². The van der Waals surface area contributed by atoms with Crippen molar-refractivity contribution in [1.29, 1.82) is 0 Å². The van der Waals surface area contributed by atoms with Gasteiger partial charge in [0.25, 0.3) is 0 Å². The molecule has 0 fully saturated rings. The van der Waals surface area contributed by atoms with Gasteiger partial charge in [0, 0.05) is 25.8 Å². The zero-order valence-corrected chi connectivity index (χ0v) is 12.5. The summed E-state index contributed by atoms with van der Waals surface area (Å²) >= 11 is 0. The van der Waals surface area contributed by atoms with Crippen molar-refractivity contribution in [3.05, 3.63) is 11.4 Å². The number of hydrogen-bond acceptors (Lipinski definition) is 6. The molecule has 0 radical (unpaired) electrons. The molecule has 0 atom stereocenters. The van der Waals surface area contributed by atoms with E-state index in [2.05, 4.69) is 25.9 Å². The molecule has 7 heteroatoms. The molecule has 112 valence electrons. The average Bonchev–Trinajstić information content (AvgIpc) is 2.41. The van der Waals surface area contributed by atoms with Crippen LogP contribution in [0.15, 0.2) is 0 Å². The van der Waals surface area contributed by atoms with Crippen LogP contribution >= 0.6 is 0 Å². The standard InChI is InChI=1S/C13H23N5O2/c1-5-14-12-9(2)13(18-10(3)17-12)16-8-11(19)15-6-7-20-4/h5-8H2,1-4H3,(H,15,19)(H2,14,16,17,18). The number of carbonyl (C=O) groups excluding carboxylic acids is 1. The molecular weight excluding hydrogens is 258 g/mol. The van der Waals surface area contributed by atoms with E-state index >= 15 is 0 Å².